The van der Waals surface area contributed by atoms with Gasteiger partial charge in [0.1, 0.15) is 0 Å². The number of allylic oxidation sites excluding steroid dienone is 4. The van der Waals surface area contributed by atoms with Crippen molar-refractivity contribution in [2.75, 3.05) is 7.11 Å². The monoisotopic (exact) mass is 486 g/mol. The number of carbonyl (C=O) groups excluding carboxylic acids is 1. The fraction of sp³-hybridized carbons (Fsp3) is 0.833. The number of ether oxygens (including phenoxy) is 1. The van der Waals surface area contributed by atoms with Gasteiger partial charge in [0.2, 0.25) is 0 Å². The number of methoxy groups -OCH3 is 1. The Bertz CT molecular complexity index is 905. The third-order valence-corrected chi connectivity index (χ3v) is 15.9. The second kappa shape index (κ2) is 8.33. The molecule has 2 unspecified atom stereocenters. The van der Waals surface area contributed by atoms with Gasteiger partial charge in [-0.2, -0.15) is 0 Å². The van der Waals surface area contributed by atoms with E-state index in [0.717, 1.165) is 6.42 Å². The van der Waals surface area contributed by atoms with E-state index in [1.54, 1.807) is 16.7 Å². The van der Waals surface area contributed by atoms with Crippen LogP contribution >= 0.6 is 0 Å². The molecule has 0 aromatic carbocycles. The van der Waals surface area contributed by atoms with E-state index in [9.17, 15) is 4.79 Å². The maximum atomic E-state index is 12.1. The van der Waals surface area contributed by atoms with Gasteiger partial charge in [0.15, 0.2) is 8.32 Å². The summed E-state index contributed by atoms with van der Waals surface area (Å²) >= 11 is 0. The average molecular weight is 487 g/mol. The van der Waals surface area contributed by atoms with Crippen molar-refractivity contribution in [3.05, 3.63) is 22.8 Å². The zero-order valence-corrected chi connectivity index (χ0v) is 24.7. The molecule has 192 valence electrons. The molecule has 0 N–H and O–H groups in total. The lowest BCUT2D eigenvalue weighted by atomic mass is 9.46. The first-order chi connectivity index (χ1) is 15.6. The maximum absolute atomic E-state index is 12.1. The van der Waals surface area contributed by atoms with Crippen molar-refractivity contribution in [1.29, 1.82) is 0 Å². The third-order valence-electron chi connectivity index (χ3n) is 11.4. The lowest BCUT2D eigenvalue weighted by Crippen LogP contribution is -2.57. The minimum atomic E-state index is -1.81. The quantitative estimate of drug-likeness (QED) is 0.296. The zero-order valence-electron chi connectivity index (χ0n) is 23.7. The van der Waals surface area contributed by atoms with Crippen LogP contribution in [0.15, 0.2) is 22.8 Å². The number of fused-ring (bicyclic) bond motifs is 4. The number of hydrogen-bond donors (Lipinski definition) is 0. The van der Waals surface area contributed by atoms with Crippen molar-refractivity contribution < 1.29 is 14.0 Å². The molecule has 4 aliphatic carbocycles. The molecule has 4 aliphatic rings. The predicted molar refractivity (Wildman–Crippen MR) is 143 cm³/mol. The van der Waals surface area contributed by atoms with Crippen LogP contribution in [-0.2, 0) is 14.0 Å². The molecule has 1 fully saturated rings. The maximum Gasteiger partial charge on any atom is 0.305 e. The van der Waals surface area contributed by atoms with Crippen LogP contribution < -0.4 is 0 Å². The van der Waals surface area contributed by atoms with Gasteiger partial charge in [-0.05, 0) is 102 Å². The standard InChI is InChI=1S/C30H50O3Si/c1-27(2,3)34(9,10)33-25-16-18-30(7)23-15-17-29(6)20(19-26(31)32-8)11-13-22(29)21(23)12-14-24(30)28(25,4)5/h13,20,24-25H,11-12,14-19H2,1-10H3/t20-,24?,25?,29-,30-/m1/s1. The molecular weight excluding hydrogens is 436 g/mol. The van der Waals surface area contributed by atoms with Gasteiger partial charge >= 0.3 is 5.97 Å². The van der Waals surface area contributed by atoms with Crippen LogP contribution in [0.1, 0.15) is 99.8 Å². The molecule has 4 heteroatoms. The molecule has 0 radical (unpaired) electrons. The molecule has 34 heavy (non-hydrogen) atoms. The van der Waals surface area contributed by atoms with E-state index >= 15 is 0 Å². The van der Waals surface area contributed by atoms with Gasteiger partial charge in [0.05, 0.1) is 13.2 Å². The second-order valence-electron chi connectivity index (χ2n) is 14.4. The first-order valence-corrected chi connectivity index (χ1v) is 16.7. The van der Waals surface area contributed by atoms with Crippen LogP contribution in [0.2, 0.25) is 18.1 Å². The molecule has 5 atom stereocenters. The normalized spacial score (nSPS) is 37.5. The summed E-state index contributed by atoms with van der Waals surface area (Å²) in [6, 6.07) is 0. The second-order valence-corrected chi connectivity index (χ2v) is 19.2. The Morgan fingerprint density at radius 1 is 1.06 bits per heavy atom. The Hall–Kier alpha value is -0.873. The van der Waals surface area contributed by atoms with Gasteiger partial charge in [-0.25, -0.2) is 0 Å². The molecule has 0 saturated heterocycles. The van der Waals surface area contributed by atoms with Gasteiger partial charge in [0, 0.05) is 6.42 Å². The molecule has 0 spiro atoms. The zero-order chi connectivity index (χ0) is 25.3. The smallest absolute Gasteiger partial charge is 0.305 e. The van der Waals surface area contributed by atoms with Crippen molar-refractivity contribution in [2.24, 2.45) is 28.1 Å². The molecular formula is C30H50O3Si. The molecule has 4 rings (SSSR count). The number of esters is 1. The fourth-order valence-corrected chi connectivity index (χ4v) is 9.58. The Balaban J connectivity index is 1.62. The van der Waals surface area contributed by atoms with Crippen LogP contribution in [-0.4, -0.2) is 27.5 Å². The minimum absolute atomic E-state index is 0.0573. The highest BCUT2D eigenvalue weighted by atomic mass is 28.4. The topological polar surface area (TPSA) is 35.5 Å². The van der Waals surface area contributed by atoms with Crippen molar-refractivity contribution in [3.8, 4) is 0 Å². The number of carbonyl (C=O) groups is 1. The lowest BCUT2D eigenvalue weighted by molar-refractivity contribution is -0.142. The highest BCUT2D eigenvalue weighted by Gasteiger charge is 2.58. The first kappa shape index (κ1) is 26.2. The first-order valence-electron chi connectivity index (χ1n) is 13.8. The van der Waals surface area contributed by atoms with E-state index in [2.05, 4.69) is 67.6 Å². The van der Waals surface area contributed by atoms with Crippen molar-refractivity contribution in [2.45, 2.75) is 124 Å². The molecule has 0 aromatic heterocycles. The third kappa shape index (κ3) is 3.90. The van der Waals surface area contributed by atoms with Crippen LogP contribution in [0.3, 0.4) is 0 Å². The predicted octanol–water partition coefficient (Wildman–Crippen LogP) is 8.22. The molecule has 3 nitrogen and oxygen atoms in total. The summed E-state index contributed by atoms with van der Waals surface area (Å²) < 4.78 is 12.1. The summed E-state index contributed by atoms with van der Waals surface area (Å²) in [5, 5.41) is 0.246. The molecule has 0 bridgehead atoms. The summed E-state index contributed by atoms with van der Waals surface area (Å²) in [7, 11) is -0.289. The molecule has 0 amide bonds. The summed E-state index contributed by atoms with van der Waals surface area (Å²) in [5.41, 5.74) is 5.59. The van der Waals surface area contributed by atoms with Gasteiger partial charge in [-0.1, -0.05) is 60.1 Å². The van der Waals surface area contributed by atoms with Crippen molar-refractivity contribution >= 4 is 14.3 Å². The summed E-state index contributed by atoms with van der Waals surface area (Å²) in [4.78, 5) is 12.1. The van der Waals surface area contributed by atoms with Crippen LogP contribution in [0, 0.1) is 28.1 Å². The van der Waals surface area contributed by atoms with E-state index in [1.807, 2.05) is 0 Å². The van der Waals surface area contributed by atoms with Crippen LogP contribution in [0.4, 0.5) is 0 Å². The molecule has 0 aliphatic heterocycles. The van der Waals surface area contributed by atoms with Gasteiger partial charge in [0.25, 0.3) is 0 Å². The summed E-state index contributed by atoms with van der Waals surface area (Å²) in [6.07, 6.45) is 11.7. The van der Waals surface area contributed by atoms with E-state index in [-0.39, 0.29) is 27.3 Å². The number of hydrogen-bond acceptors (Lipinski definition) is 3. The van der Waals surface area contributed by atoms with Crippen molar-refractivity contribution in [3.63, 3.8) is 0 Å². The Morgan fingerprint density at radius 2 is 1.74 bits per heavy atom. The van der Waals surface area contributed by atoms with Gasteiger partial charge in [-0.3, -0.25) is 4.79 Å². The van der Waals surface area contributed by atoms with Gasteiger partial charge < -0.3 is 9.16 Å². The van der Waals surface area contributed by atoms with E-state index in [4.69, 9.17) is 9.16 Å². The van der Waals surface area contributed by atoms with E-state index < -0.39 is 8.32 Å². The van der Waals surface area contributed by atoms with E-state index in [0.29, 0.717) is 24.4 Å². The van der Waals surface area contributed by atoms with E-state index in [1.165, 1.54) is 45.6 Å². The minimum Gasteiger partial charge on any atom is -0.469 e. The van der Waals surface area contributed by atoms with Crippen LogP contribution in [0.25, 0.3) is 0 Å². The summed E-state index contributed by atoms with van der Waals surface area (Å²) in [6.45, 7) is 21.9. The average Bonchev–Trinajstić information content (AvgIpc) is 3.05. The Kier molecular flexibility index (Phi) is 6.42. The molecule has 1 saturated carbocycles. The lowest BCUT2D eigenvalue weighted by Gasteiger charge is -2.61. The molecule has 0 aromatic rings. The Labute approximate surface area is 210 Å². The van der Waals surface area contributed by atoms with Crippen molar-refractivity contribution in [1.82, 2.24) is 0 Å². The SMILES string of the molecule is COC(=O)C[C@H]1CC=C2C3=C(CC[C@@]21C)[C@@]1(C)CCC(O[Si](C)(C)C(C)(C)C)C(C)(C)C1CC3. The summed E-state index contributed by atoms with van der Waals surface area (Å²) in [5.74, 6) is 0.998. The largest absolute Gasteiger partial charge is 0.469 e. The highest BCUT2D eigenvalue weighted by molar-refractivity contribution is 6.74. The number of rotatable bonds is 4. The molecule has 0 heterocycles. The fourth-order valence-electron chi connectivity index (χ4n) is 8.09. The highest BCUT2D eigenvalue weighted by Crippen LogP contribution is 2.66. The Morgan fingerprint density at radius 3 is 2.35 bits per heavy atom. The van der Waals surface area contributed by atoms with Crippen LogP contribution in [0.5, 0.6) is 0 Å². The van der Waals surface area contributed by atoms with Gasteiger partial charge in [-0.15, -0.1) is 0 Å².